The molecule has 2 amide bonds. The summed E-state index contributed by atoms with van der Waals surface area (Å²) in [6.07, 6.45) is 5.18. The van der Waals surface area contributed by atoms with Gasteiger partial charge in [-0.25, -0.2) is 9.50 Å². The first-order chi connectivity index (χ1) is 15.4. The molecule has 2 fully saturated rings. The van der Waals surface area contributed by atoms with Crippen LogP contribution in [0.4, 0.5) is 5.69 Å². The number of nitrogens with one attached hydrogen (secondary N) is 1. The minimum absolute atomic E-state index is 0.147. The highest BCUT2D eigenvalue weighted by Crippen LogP contribution is 2.40. The lowest BCUT2D eigenvalue weighted by atomic mass is 9.98. The van der Waals surface area contributed by atoms with Crippen LogP contribution < -0.4 is 5.32 Å². The Labute approximate surface area is 191 Å². The van der Waals surface area contributed by atoms with Crippen molar-refractivity contribution in [2.24, 2.45) is 0 Å². The molecule has 8 heteroatoms. The van der Waals surface area contributed by atoms with E-state index in [0.717, 1.165) is 42.0 Å². The van der Waals surface area contributed by atoms with Gasteiger partial charge in [0.25, 0.3) is 5.91 Å². The van der Waals surface area contributed by atoms with Crippen LogP contribution in [0.5, 0.6) is 0 Å². The number of hydrogen-bond donors (Lipinski definition) is 1. The zero-order chi connectivity index (χ0) is 22.4. The van der Waals surface area contributed by atoms with E-state index < -0.39 is 0 Å². The number of anilines is 1. The van der Waals surface area contributed by atoms with Crippen molar-refractivity contribution in [3.05, 3.63) is 58.0 Å². The number of halogens is 1. The number of likely N-dealkylation sites (tertiary alicyclic amines) is 1. The van der Waals surface area contributed by atoms with Crippen molar-refractivity contribution in [1.82, 2.24) is 19.5 Å². The molecule has 0 spiro atoms. The Kier molecular flexibility index (Phi) is 5.37. The molecule has 166 valence electrons. The topological polar surface area (TPSA) is 79.6 Å². The first-order valence-corrected chi connectivity index (χ1v) is 11.5. The van der Waals surface area contributed by atoms with Crippen molar-refractivity contribution in [2.45, 2.75) is 57.9 Å². The number of carbonyl (C=O) groups excluding carboxylic acids is 2. The monoisotopic (exact) mass is 451 g/mol. The second-order valence-electron chi connectivity index (χ2n) is 8.82. The molecule has 1 saturated carbocycles. The van der Waals surface area contributed by atoms with Gasteiger partial charge in [0.1, 0.15) is 0 Å². The summed E-state index contributed by atoms with van der Waals surface area (Å²) in [7, 11) is 0. The molecule has 1 aliphatic heterocycles. The number of amides is 2. The van der Waals surface area contributed by atoms with Crippen molar-refractivity contribution in [3.8, 4) is 0 Å². The molecule has 7 nitrogen and oxygen atoms in total. The van der Waals surface area contributed by atoms with Gasteiger partial charge in [0.15, 0.2) is 5.65 Å². The number of fused-ring (bicyclic) bond motifs is 1. The average Bonchev–Trinajstić information content (AvgIpc) is 3.53. The van der Waals surface area contributed by atoms with E-state index in [1.807, 2.05) is 22.4 Å². The number of nitrogens with zero attached hydrogens (tertiary/aromatic N) is 4. The first kappa shape index (κ1) is 20.9. The Morgan fingerprint density at radius 1 is 1.09 bits per heavy atom. The first-order valence-electron chi connectivity index (χ1n) is 11.2. The van der Waals surface area contributed by atoms with E-state index in [-0.39, 0.29) is 17.9 Å². The molecule has 1 aromatic carbocycles. The standard InChI is InChI=1S/C24H26ClN5O2/c1-14-11-20(16-6-7-16)27-23-13-21(28-30(14)23)22-5-3-4-10-29(22)24(32)18-12-17(25)8-9-19(18)26-15(2)31/h8-9,11-13,16,22H,3-7,10H2,1-2H3,(H,26,31). The molecule has 0 radical (unpaired) electrons. The third-order valence-corrected chi connectivity index (χ3v) is 6.50. The fourth-order valence-corrected chi connectivity index (χ4v) is 4.72. The largest absolute Gasteiger partial charge is 0.330 e. The summed E-state index contributed by atoms with van der Waals surface area (Å²) in [6, 6.07) is 8.96. The van der Waals surface area contributed by atoms with Gasteiger partial charge in [-0.15, -0.1) is 0 Å². The van der Waals surface area contributed by atoms with Crippen molar-refractivity contribution >= 4 is 34.7 Å². The van der Waals surface area contributed by atoms with Gasteiger partial charge < -0.3 is 10.2 Å². The lowest BCUT2D eigenvalue weighted by Crippen LogP contribution is -2.39. The van der Waals surface area contributed by atoms with Gasteiger partial charge in [0.05, 0.1) is 23.0 Å². The molecule has 5 rings (SSSR count). The summed E-state index contributed by atoms with van der Waals surface area (Å²) in [4.78, 5) is 32.0. The van der Waals surface area contributed by atoms with Crippen LogP contribution >= 0.6 is 11.6 Å². The molecule has 1 N–H and O–H groups in total. The molecule has 0 bridgehead atoms. The van der Waals surface area contributed by atoms with E-state index in [1.165, 1.54) is 19.8 Å². The minimum atomic E-state index is -0.232. The summed E-state index contributed by atoms with van der Waals surface area (Å²) in [6.45, 7) is 4.10. The third kappa shape index (κ3) is 3.97. The smallest absolute Gasteiger partial charge is 0.256 e. The predicted molar refractivity (Wildman–Crippen MR) is 123 cm³/mol. The Hall–Kier alpha value is -2.93. The molecule has 3 aromatic rings. The lowest BCUT2D eigenvalue weighted by Gasteiger charge is -2.35. The fourth-order valence-electron chi connectivity index (χ4n) is 4.55. The number of aromatic nitrogens is 3. The Morgan fingerprint density at radius 2 is 1.91 bits per heavy atom. The number of rotatable bonds is 4. The summed E-state index contributed by atoms with van der Waals surface area (Å²) >= 11 is 6.20. The number of hydrogen-bond acceptors (Lipinski definition) is 4. The van der Waals surface area contributed by atoms with Crippen LogP contribution in [0.3, 0.4) is 0 Å². The number of aryl methyl sites for hydroxylation is 1. The molecule has 2 aromatic heterocycles. The van der Waals surface area contributed by atoms with Gasteiger partial charge in [-0.05, 0) is 63.3 Å². The van der Waals surface area contributed by atoms with E-state index in [2.05, 4.69) is 11.4 Å². The molecule has 32 heavy (non-hydrogen) atoms. The van der Waals surface area contributed by atoms with Gasteiger partial charge in [-0.2, -0.15) is 5.10 Å². The molecular formula is C24H26ClN5O2. The molecule has 3 heterocycles. The van der Waals surface area contributed by atoms with Gasteiger partial charge in [-0.3, -0.25) is 9.59 Å². The van der Waals surface area contributed by atoms with E-state index in [4.69, 9.17) is 21.7 Å². The second-order valence-corrected chi connectivity index (χ2v) is 9.25. The molecule has 1 aliphatic carbocycles. The van der Waals surface area contributed by atoms with Crippen molar-refractivity contribution < 1.29 is 9.59 Å². The van der Waals surface area contributed by atoms with Gasteiger partial charge in [-0.1, -0.05) is 11.6 Å². The van der Waals surface area contributed by atoms with Gasteiger partial charge in [0, 0.05) is 41.9 Å². The average molecular weight is 452 g/mol. The van der Waals surface area contributed by atoms with Crippen molar-refractivity contribution in [3.63, 3.8) is 0 Å². The fraction of sp³-hybridized carbons (Fsp3) is 0.417. The molecule has 1 atom stereocenters. The van der Waals surface area contributed by atoms with E-state index in [1.54, 1.807) is 18.2 Å². The SMILES string of the molecule is CC(=O)Nc1ccc(Cl)cc1C(=O)N1CCCCC1c1cc2nc(C3CC3)cc(C)n2n1. The highest BCUT2D eigenvalue weighted by atomic mass is 35.5. The van der Waals surface area contributed by atoms with Gasteiger partial charge >= 0.3 is 0 Å². The maximum Gasteiger partial charge on any atom is 0.256 e. The van der Waals surface area contributed by atoms with E-state index in [0.29, 0.717) is 28.7 Å². The van der Waals surface area contributed by atoms with E-state index >= 15 is 0 Å². The zero-order valence-corrected chi connectivity index (χ0v) is 19.0. The van der Waals surface area contributed by atoms with Gasteiger partial charge in [0.2, 0.25) is 5.91 Å². The van der Waals surface area contributed by atoms with Crippen molar-refractivity contribution in [2.75, 3.05) is 11.9 Å². The third-order valence-electron chi connectivity index (χ3n) is 6.27. The summed E-state index contributed by atoms with van der Waals surface area (Å²) in [5, 5.41) is 8.04. The summed E-state index contributed by atoms with van der Waals surface area (Å²) in [5.41, 5.74) is 4.74. The predicted octanol–water partition coefficient (Wildman–Crippen LogP) is 4.89. The highest BCUT2D eigenvalue weighted by Gasteiger charge is 2.32. The normalized spacial score (nSPS) is 18.7. The van der Waals surface area contributed by atoms with Crippen molar-refractivity contribution in [1.29, 1.82) is 0 Å². The van der Waals surface area contributed by atoms with Crippen LogP contribution in [-0.2, 0) is 4.79 Å². The highest BCUT2D eigenvalue weighted by molar-refractivity contribution is 6.31. The van der Waals surface area contributed by atoms with Crippen LogP contribution in [-0.4, -0.2) is 37.9 Å². The van der Waals surface area contributed by atoms with Crippen LogP contribution in [0.1, 0.15) is 78.4 Å². The molecule has 1 saturated heterocycles. The zero-order valence-electron chi connectivity index (χ0n) is 18.3. The van der Waals surface area contributed by atoms with E-state index in [9.17, 15) is 9.59 Å². The Balaban J connectivity index is 1.51. The number of carbonyl (C=O) groups is 2. The maximum absolute atomic E-state index is 13.6. The Bertz CT molecular complexity index is 1220. The quantitative estimate of drug-likeness (QED) is 0.612. The maximum atomic E-state index is 13.6. The van der Waals surface area contributed by atoms with Crippen LogP contribution in [0.15, 0.2) is 30.3 Å². The molecular weight excluding hydrogens is 426 g/mol. The molecule has 2 aliphatic rings. The second kappa shape index (κ2) is 8.20. The van der Waals surface area contributed by atoms with Crippen LogP contribution in [0.25, 0.3) is 5.65 Å². The number of piperidine rings is 1. The number of benzene rings is 1. The van der Waals surface area contributed by atoms with Crippen LogP contribution in [0.2, 0.25) is 5.02 Å². The summed E-state index contributed by atoms with van der Waals surface area (Å²) < 4.78 is 1.88. The molecule has 1 unspecified atom stereocenters. The minimum Gasteiger partial charge on any atom is -0.330 e. The lowest BCUT2D eigenvalue weighted by molar-refractivity contribution is -0.114. The summed E-state index contributed by atoms with van der Waals surface area (Å²) in [5.74, 6) is 0.186. The Morgan fingerprint density at radius 3 is 2.66 bits per heavy atom. The van der Waals surface area contributed by atoms with Crippen LogP contribution in [0, 0.1) is 6.92 Å².